The zero-order valence-electron chi connectivity index (χ0n) is 7.56. The second-order valence-electron chi connectivity index (χ2n) is 2.62. The van der Waals surface area contributed by atoms with Gasteiger partial charge in [0.2, 0.25) is 0 Å². The summed E-state index contributed by atoms with van der Waals surface area (Å²) in [4.78, 5) is 24.7. The molecule has 1 rings (SSSR count). The number of rotatable bonds is 2. The van der Waals surface area contributed by atoms with Crippen molar-refractivity contribution in [3.05, 3.63) is 31.0 Å². The van der Waals surface area contributed by atoms with Gasteiger partial charge in [0.25, 0.3) is 5.56 Å². The zero-order valence-corrected chi connectivity index (χ0v) is 9.14. The number of hydrogen-bond donors (Lipinski definition) is 1. The van der Waals surface area contributed by atoms with E-state index >= 15 is 0 Å². The molecule has 72 valence electrons. The summed E-state index contributed by atoms with van der Waals surface area (Å²) in [5.74, 6) is 0. The summed E-state index contributed by atoms with van der Waals surface area (Å²) >= 11 is 3.16. The predicted molar refractivity (Wildman–Crippen MR) is 54.1 cm³/mol. The molecule has 0 radical (unpaired) electrons. The van der Waals surface area contributed by atoms with Gasteiger partial charge in [-0.25, -0.2) is 4.79 Å². The molecule has 4 nitrogen and oxygen atoms in total. The van der Waals surface area contributed by atoms with E-state index in [0.717, 1.165) is 5.69 Å². The Kier molecular flexibility index (Phi) is 3.08. The first-order chi connectivity index (χ1) is 6.11. The number of aromatic amines is 1. The van der Waals surface area contributed by atoms with Crippen molar-refractivity contribution >= 4 is 15.9 Å². The van der Waals surface area contributed by atoms with E-state index in [9.17, 15) is 9.59 Å². The van der Waals surface area contributed by atoms with E-state index in [1.54, 1.807) is 4.57 Å². The average molecular weight is 247 g/mol. The SMILES string of the molecule is CCc1c(Br)c(=O)[nH]c(=O)n1CC. The summed E-state index contributed by atoms with van der Waals surface area (Å²) in [6, 6.07) is 0. The van der Waals surface area contributed by atoms with Gasteiger partial charge in [-0.15, -0.1) is 0 Å². The van der Waals surface area contributed by atoms with Crippen molar-refractivity contribution in [3.63, 3.8) is 0 Å². The molecule has 1 aromatic rings. The molecule has 5 heteroatoms. The number of H-pyrrole nitrogens is 1. The molecule has 0 spiro atoms. The third-order valence-electron chi connectivity index (χ3n) is 1.90. The van der Waals surface area contributed by atoms with E-state index in [0.29, 0.717) is 17.4 Å². The molecule has 0 atom stereocenters. The fourth-order valence-corrected chi connectivity index (χ4v) is 1.87. The van der Waals surface area contributed by atoms with Crippen molar-refractivity contribution in [1.29, 1.82) is 0 Å². The Labute approximate surface area is 83.7 Å². The first-order valence-corrected chi connectivity index (χ1v) is 4.92. The highest BCUT2D eigenvalue weighted by atomic mass is 79.9. The summed E-state index contributed by atoms with van der Waals surface area (Å²) in [5, 5.41) is 0. The molecule has 0 aliphatic carbocycles. The first-order valence-electron chi connectivity index (χ1n) is 4.13. The van der Waals surface area contributed by atoms with Crippen molar-refractivity contribution < 1.29 is 0 Å². The van der Waals surface area contributed by atoms with Gasteiger partial charge >= 0.3 is 5.69 Å². The van der Waals surface area contributed by atoms with Crippen LogP contribution in [0.15, 0.2) is 14.1 Å². The summed E-state index contributed by atoms with van der Waals surface area (Å²) < 4.78 is 2.00. The highest BCUT2D eigenvalue weighted by molar-refractivity contribution is 9.10. The lowest BCUT2D eigenvalue weighted by atomic mass is 10.3. The average Bonchev–Trinajstić information content (AvgIpc) is 2.10. The number of hydrogen-bond acceptors (Lipinski definition) is 2. The third kappa shape index (κ3) is 1.75. The lowest BCUT2D eigenvalue weighted by Gasteiger charge is -2.08. The van der Waals surface area contributed by atoms with Crippen LogP contribution in [0.4, 0.5) is 0 Å². The van der Waals surface area contributed by atoms with Crippen molar-refractivity contribution in [1.82, 2.24) is 9.55 Å². The van der Waals surface area contributed by atoms with Crippen molar-refractivity contribution in [2.45, 2.75) is 26.8 Å². The lowest BCUT2D eigenvalue weighted by Crippen LogP contribution is -2.32. The summed E-state index contributed by atoms with van der Waals surface area (Å²) in [6.45, 7) is 4.34. The summed E-state index contributed by atoms with van der Waals surface area (Å²) in [5.41, 5.74) is 0.0513. The van der Waals surface area contributed by atoms with Gasteiger partial charge in [0, 0.05) is 12.2 Å². The van der Waals surface area contributed by atoms with Crippen LogP contribution < -0.4 is 11.2 Å². The lowest BCUT2D eigenvalue weighted by molar-refractivity contribution is 0.646. The minimum Gasteiger partial charge on any atom is -0.297 e. The standard InChI is InChI=1S/C8H11BrN2O2/c1-3-5-6(9)7(12)10-8(13)11(5)4-2/h3-4H2,1-2H3,(H,10,12,13). The first kappa shape index (κ1) is 10.2. The molecule has 0 aliphatic rings. The maximum absolute atomic E-state index is 11.3. The van der Waals surface area contributed by atoms with Crippen LogP contribution in [0.3, 0.4) is 0 Å². The molecule has 13 heavy (non-hydrogen) atoms. The van der Waals surface area contributed by atoms with Crippen LogP contribution in [0.5, 0.6) is 0 Å². The number of nitrogens with zero attached hydrogens (tertiary/aromatic N) is 1. The molecule has 0 unspecified atom stereocenters. The normalized spacial score (nSPS) is 10.4. The maximum Gasteiger partial charge on any atom is 0.328 e. The smallest absolute Gasteiger partial charge is 0.297 e. The van der Waals surface area contributed by atoms with Crippen LogP contribution in [0.1, 0.15) is 19.5 Å². The Balaban J connectivity index is 3.61. The molecule has 0 saturated heterocycles. The van der Waals surface area contributed by atoms with E-state index in [2.05, 4.69) is 20.9 Å². The Bertz CT molecular complexity index is 419. The Morgan fingerprint density at radius 1 is 1.38 bits per heavy atom. The van der Waals surface area contributed by atoms with E-state index in [-0.39, 0.29) is 11.2 Å². The van der Waals surface area contributed by atoms with Gasteiger partial charge in [0.05, 0.1) is 0 Å². The maximum atomic E-state index is 11.3. The Hall–Kier alpha value is -0.840. The van der Waals surface area contributed by atoms with Gasteiger partial charge in [-0.3, -0.25) is 14.3 Å². The van der Waals surface area contributed by atoms with Crippen LogP contribution >= 0.6 is 15.9 Å². The van der Waals surface area contributed by atoms with Crippen LogP contribution in [0.2, 0.25) is 0 Å². The second-order valence-corrected chi connectivity index (χ2v) is 3.41. The van der Waals surface area contributed by atoms with E-state index < -0.39 is 0 Å². The molecule has 0 aromatic carbocycles. The summed E-state index contributed by atoms with van der Waals surface area (Å²) in [6.07, 6.45) is 0.660. The van der Waals surface area contributed by atoms with Crippen LogP contribution in [-0.2, 0) is 13.0 Å². The number of aromatic nitrogens is 2. The summed E-state index contributed by atoms with van der Waals surface area (Å²) in [7, 11) is 0. The molecule has 0 amide bonds. The minimum absolute atomic E-state index is 0.340. The number of halogens is 1. The van der Waals surface area contributed by atoms with Crippen molar-refractivity contribution in [3.8, 4) is 0 Å². The van der Waals surface area contributed by atoms with Gasteiger partial charge in [-0.1, -0.05) is 6.92 Å². The molecule has 0 saturated carbocycles. The largest absolute Gasteiger partial charge is 0.328 e. The van der Waals surface area contributed by atoms with Crippen molar-refractivity contribution in [2.75, 3.05) is 0 Å². The van der Waals surface area contributed by atoms with Gasteiger partial charge in [-0.2, -0.15) is 0 Å². The second kappa shape index (κ2) is 3.91. The topological polar surface area (TPSA) is 54.9 Å². The fraction of sp³-hybridized carbons (Fsp3) is 0.500. The molecule has 0 bridgehead atoms. The highest BCUT2D eigenvalue weighted by Crippen LogP contribution is 2.09. The predicted octanol–water partition coefficient (Wildman–Crippen LogP) is 0.881. The molecule has 1 aromatic heterocycles. The molecule has 1 N–H and O–H groups in total. The molecule has 0 fully saturated rings. The van der Waals surface area contributed by atoms with Crippen LogP contribution in [-0.4, -0.2) is 9.55 Å². The Morgan fingerprint density at radius 3 is 2.46 bits per heavy atom. The van der Waals surface area contributed by atoms with E-state index in [1.165, 1.54) is 0 Å². The van der Waals surface area contributed by atoms with Gasteiger partial charge < -0.3 is 0 Å². The molecular weight excluding hydrogens is 236 g/mol. The minimum atomic E-state index is -0.355. The molecule has 0 aliphatic heterocycles. The molecule has 1 heterocycles. The molecular formula is C8H11BrN2O2. The van der Waals surface area contributed by atoms with Crippen LogP contribution in [0.25, 0.3) is 0 Å². The van der Waals surface area contributed by atoms with Crippen molar-refractivity contribution in [2.24, 2.45) is 0 Å². The van der Waals surface area contributed by atoms with E-state index in [4.69, 9.17) is 0 Å². The van der Waals surface area contributed by atoms with E-state index in [1.807, 2.05) is 13.8 Å². The zero-order chi connectivity index (χ0) is 10.0. The fourth-order valence-electron chi connectivity index (χ4n) is 1.27. The van der Waals surface area contributed by atoms with Gasteiger partial charge in [-0.05, 0) is 29.3 Å². The Morgan fingerprint density at radius 2 is 2.00 bits per heavy atom. The van der Waals surface area contributed by atoms with Crippen LogP contribution in [0, 0.1) is 0 Å². The number of nitrogens with one attached hydrogen (secondary N) is 1. The monoisotopic (exact) mass is 246 g/mol. The quantitative estimate of drug-likeness (QED) is 0.843. The van der Waals surface area contributed by atoms with Gasteiger partial charge in [0.1, 0.15) is 4.47 Å². The third-order valence-corrected chi connectivity index (χ3v) is 2.71. The highest BCUT2D eigenvalue weighted by Gasteiger charge is 2.08. The van der Waals surface area contributed by atoms with Gasteiger partial charge in [0.15, 0.2) is 0 Å².